The molecule has 0 saturated carbocycles. The average molecular weight is 219 g/mol. The Morgan fingerprint density at radius 2 is 1.67 bits per heavy atom. The molecule has 1 aromatic heterocycles. The van der Waals surface area contributed by atoms with E-state index in [0.717, 1.165) is 9.92 Å². The zero-order chi connectivity index (χ0) is 10.7. The predicted molar refractivity (Wildman–Crippen MR) is 58.1 cm³/mol. The van der Waals surface area contributed by atoms with Crippen LogP contribution in [0.5, 0.6) is 11.6 Å². The number of pyridine rings is 1. The molecule has 3 nitrogen and oxygen atoms in total. The summed E-state index contributed by atoms with van der Waals surface area (Å²) in [5, 5.41) is 19.0. The molecule has 0 radical (unpaired) electrons. The van der Waals surface area contributed by atoms with Crippen molar-refractivity contribution in [2.75, 3.05) is 0 Å². The second-order valence-electron chi connectivity index (χ2n) is 2.93. The van der Waals surface area contributed by atoms with Gasteiger partial charge in [-0.15, -0.1) is 0 Å². The van der Waals surface area contributed by atoms with Gasteiger partial charge in [-0.3, -0.25) is 0 Å². The number of benzene rings is 1. The lowest BCUT2D eigenvalue weighted by Crippen LogP contribution is -1.79. The van der Waals surface area contributed by atoms with Gasteiger partial charge in [0, 0.05) is 11.0 Å². The fraction of sp³-hybridized carbons (Fsp3) is 0. The van der Waals surface area contributed by atoms with Gasteiger partial charge in [-0.2, -0.15) is 0 Å². The van der Waals surface area contributed by atoms with Crippen LogP contribution in [-0.2, 0) is 0 Å². The van der Waals surface area contributed by atoms with Gasteiger partial charge in [-0.05, 0) is 30.3 Å². The zero-order valence-corrected chi connectivity index (χ0v) is 8.61. The summed E-state index contributed by atoms with van der Waals surface area (Å²) < 4.78 is 0. The Kier molecular flexibility index (Phi) is 2.78. The highest BCUT2D eigenvalue weighted by atomic mass is 32.2. The predicted octanol–water partition coefficient (Wildman–Crippen LogP) is 2.64. The first-order valence-corrected chi connectivity index (χ1v) is 5.18. The van der Waals surface area contributed by atoms with Crippen molar-refractivity contribution in [3.05, 3.63) is 42.5 Å². The normalized spacial score (nSPS) is 10.1. The second-order valence-corrected chi connectivity index (χ2v) is 4.02. The van der Waals surface area contributed by atoms with Crippen LogP contribution in [0, 0.1) is 0 Å². The Balaban J connectivity index is 2.18. The number of nitrogens with zero attached hydrogens (tertiary/aromatic N) is 1. The topological polar surface area (TPSA) is 53.4 Å². The van der Waals surface area contributed by atoms with Gasteiger partial charge in [0.25, 0.3) is 0 Å². The lowest BCUT2D eigenvalue weighted by Gasteiger charge is -2.00. The average Bonchev–Trinajstić information content (AvgIpc) is 2.22. The highest BCUT2D eigenvalue weighted by molar-refractivity contribution is 7.99. The van der Waals surface area contributed by atoms with Crippen LogP contribution >= 0.6 is 11.8 Å². The molecule has 0 fully saturated rings. The summed E-state index contributed by atoms with van der Waals surface area (Å²) in [6.07, 6.45) is 0. The largest absolute Gasteiger partial charge is 0.508 e. The molecule has 76 valence electrons. The molecule has 1 heterocycles. The number of phenolic OH excluding ortho intramolecular Hbond substituents is 1. The van der Waals surface area contributed by atoms with Crippen LogP contribution < -0.4 is 0 Å². The van der Waals surface area contributed by atoms with Gasteiger partial charge in [0.1, 0.15) is 10.8 Å². The van der Waals surface area contributed by atoms with Gasteiger partial charge < -0.3 is 10.2 Å². The van der Waals surface area contributed by atoms with Crippen molar-refractivity contribution in [3.8, 4) is 11.6 Å². The molecule has 1 aromatic carbocycles. The second kappa shape index (κ2) is 4.23. The number of hydrogen-bond acceptors (Lipinski definition) is 4. The maximum atomic E-state index is 9.17. The van der Waals surface area contributed by atoms with E-state index in [9.17, 15) is 5.11 Å². The molecule has 0 aliphatic heterocycles. The van der Waals surface area contributed by atoms with Crippen molar-refractivity contribution >= 4 is 11.8 Å². The van der Waals surface area contributed by atoms with Gasteiger partial charge in [0.2, 0.25) is 5.88 Å². The fourth-order valence-electron chi connectivity index (χ4n) is 1.10. The molecular formula is C11H9NO2S. The minimum absolute atomic E-state index is 0.0128. The maximum Gasteiger partial charge on any atom is 0.211 e. The third kappa shape index (κ3) is 2.63. The summed E-state index contributed by atoms with van der Waals surface area (Å²) in [4.78, 5) is 4.91. The third-order valence-corrected chi connectivity index (χ3v) is 2.71. The fourth-order valence-corrected chi connectivity index (χ4v) is 1.90. The molecule has 15 heavy (non-hydrogen) atoms. The van der Waals surface area contributed by atoms with Crippen LogP contribution in [0.15, 0.2) is 52.4 Å². The van der Waals surface area contributed by atoms with Crippen molar-refractivity contribution in [2.24, 2.45) is 0 Å². The number of aromatic nitrogens is 1. The smallest absolute Gasteiger partial charge is 0.211 e. The SMILES string of the molecule is Oc1ccc(Sc2cccc(O)n2)cc1. The Hall–Kier alpha value is -1.68. The molecule has 2 aromatic rings. The van der Waals surface area contributed by atoms with Crippen LogP contribution in [0.1, 0.15) is 0 Å². The quantitative estimate of drug-likeness (QED) is 0.815. The summed E-state index contributed by atoms with van der Waals surface area (Å²) in [5.74, 6) is 0.252. The van der Waals surface area contributed by atoms with Crippen LogP contribution in [-0.4, -0.2) is 15.2 Å². The number of phenols is 1. The highest BCUT2D eigenvalue weighted by Crippen LogP contribution is 2.27. The van der Waals surface area contributed by atoms with E-state index in [1.165, 1.54) is 17.8 Å². The maximum absolute atomic E-state index is 9.17. The van der Waals surface area contributed by atoms with Crippen molar-refractivity contribution in [1.82, 2.24) is 4.98 Å². The molecule has 4 heteroatoms. The van der Waals surface area contributed by atoms with Crippen molar-refractivity contribution in [2.45, 2.75) is 9.92 Å². The monoisotopic (exact) mass is 219 g/mol. The van der Waals surface area contributed by atoms with E-state index in [1.807, 2.05) is 6.07 Å². The van der Waals surface area contributed by atoms with Gasteiger partial charge in [-0.25, -0.2) is 4.98 Å². The summed E-state index contributed by atoms with van der Waals surface area (Å²) in [5.41, 5.74) is 0. The summed E-state index contributed by atoms with van der Waals surface area (Å²) >= 11 is 1.43. The zero-order valence-electron chi connectivity index (χ0n) is 7.79. The Labute approximate surface area is 91.4 Å². The molecule has 0 amide bonds. The van der Waals surface area contributed by atoms with Crippen LogP contribution in [0.3, 0.4) is 0 Å². The molecule has 2 N–H and O–H groups in total. The lowest BCUT2D eigenvalue weighted by molar-refractivity contribution is 0.449. The lowest BCUT2D eigenvalue weighted by atomic mass is 10.3. The molecule has 0 unspecified atom stereocenters. The Morgan fingerprint density at radius 3 is 2.33 bits per heavy atom. The van der Waals surface area contributed by atoms with Crippen LogP contribution in [0.25, 0.3) is 0 Å². The Bertz CT molecular complexity index is 456. The molecular weight excluding hydrogens is 210 g/mol. The van der Waals surface area contributed by atoms with E-state index in [0.29, 0.717) is 0 Å². The van der Waals surface area contributed by atoms with E-state index in [-0.39, 0.29) is 11.6 Å². The summed E-state index contributed by atoms with van der Waals surface area (Å²) in [6.45, 7) is 0. The first-order chi connectivity index (χ1) is 7.24. The van der Waals surface area contributed by atoms with Crippen LogP contribution in [0.2, 0.25) is 0 Å². The van der Waals surface area contributed by atoms with Gasteiger partial charge >= 0.3 is 0 Å². The first kappa shape index (κ1) is 9.86. The standard InChI is InChI=1S/C11H9NO2S/c13-8-4-6-9(7-5-8)15-11-3-1-2-10(14)12-11/h1-7,13H,(H,12,14). The first-order valence-electron chi connectivity index (χ1n) is 4.37. The van der Waals surface area contributed by atoms with Gasteiger partial charge in [0.05, 0.1) is 0 Å². The summed E-state index contributed by atoms with van der Waals surface area (Å²) in [6, 6.07) is 11.9. The molecule has 2 rings (SSSR count). The molecule has 0 aliphatic rings. The van der Waals surface area contributed by atoms with E-state index in [1.54, 1.807) is 30.3 Å². The van der Waals surface area contributed by atoms with Gasteiger partial charge in [0.15, 0.2) is 0 Å². The van der Waals surface area contributed by atoms with E-state index in [4.69, 9.17) is 5.11 Å². The van der Waals surface area contributed by atoms with E-state index < -0.39 is 0 Å². The molecule has 0 spiro atoms. The number of hydrogen-bond donors (Lipinski definition) is 2. The molecule has 0 atom stereocenters. The molecule has 0 aliphatic carbocycles. The Morgan fingerprint density at radius 1 is 0.933 bits per heavy atom. The molecule has 0 bridgehead atoms. The van der Waals surface area contributed by atoms with Crippen LogP contribution in [0.4, 0.5) is 0 Å². The van der Waals surface area contributed by atoms with Gasteiger partial charge in [-0.1, -0.05) is 17.8 Å². The van der Waals surface area contributed by atoms with E-state index in [2.05, 4.69) is 4.98 Å². The molecule has 0 saturated heterocycles. The minimum Gasteiger partial charge on any atom is -0.508 e. The van der Waals surface area contributed by atoms with E-state index >= 15 is 0 Å². The highest BCUT2D eigenvalue weighted by Gasteiger charge is 1.99. The number of aromatic hydroxyl groups is 2. The number of rotatable bonds is 2. The van der Waals surface area contributed by atoms with Crippen molar-refractivity contribution < 1.29 is 10.2 Å². The summed E-state index contributed by atoms with van der Waals surface area (Å²) in [7, 11) is 0. The van der Waals surface area contributed by atoms with Crippen molar-refractivity contribution in [3.63, 3.8) is 0 Å². The minimum atomic E-state index is 0.0128. The van der Waals surface area contributed by atoms with Crippen molar-refractivity contribution in [1.29, 1.82) is 0 Å². The third-order valence-electron chi connectivity index (χ3n) is 1.77.